The van der Waals surface area contributed by atoms with Crippen LogP contribution in [0.15, 0.2) is 41.6 Å². The van der Waals surface area contributed by atoms with Crippen LogP contribution < -0.4 is 0 Å². The highest BCUT2D eigenvalue weighted by molar-refractivity contribution is 7.89. The zero-order valence-electron chi connectivity index (χ0n) is 17.7. The number of rotatable bonds is 5. The van der Waals surface area contributed by atoms with Gasteiger partial charge in [0.15, 0.2) is 0 Å². The van der Waals surface area contributed by atoms with Crippen LogP contribution in [0.25, 0.3) is 0 Å². The van der Waals surface area contributed by atoms with Gasteiger partial charge >= 0.3 is 0 Å². The molecule has 1 aromatic heterocycles. The van der Waals surface area contributed by atoms with Gasteiger partial charge < -0.3 is 4.90 Å². The molecule has 1 aromatic carbocycles. The molecule has 0 radical (unpaired) electrons. The molecule has 1 unspecified atom stereocenters. The highest BCUT2D eigenvalue weighted by atomic mass is 32.2. The molecule has 0 saturated carbocycles. The van der Waals surface area contributed by atoms with Gasteiger partial charge in [0.05, 0.1) is 17.0 Å². The Bertz CT molecular complexity index is 1020. The molecule has 3 heterocycles. The molecule has 1 amide bonds. The van der Waals surface area contributed by atoms with Gasteiger partial charge in [-0.3, -0.25) is 14.4 Å². The molecule has 10 heteroatoms. The molecule has 0 N–H and O–H groups in total. The first-order chi connectivity index (χ1) is 14.8. The average Bonchev–Trinajstić information content (AvgIpc) is 3.18. The van der Waals surface area contributed by atoms with Gasteiger partial charge in [0.1, 0.15) is 5.82 Å². The Hall–Kier alpha value is -2.30. The Labute approximate surface area is 182 Å². The summed E-state index contributed by atoms with van der Waals surface area (Å²) in [5.74, 6) is -0.790. The van der Waals surface area contributed by atoms with Gasteiger partial charge in [0, 0.05) is 64.6 Å². The first kappa shape index (κ1) is 21.9. The smallest absolute Gasteiger partial charge is 0.243 e. The molecule has 4 rings (SSSR count). The van der Waals surface area contributed by atoms with Gasteiger partial charge in [-0.05, 0) is 37.1 Å². The maximum absolute atomic E-state index is 13.2. The van der Waals surface area contributed by atoms with Crippen molar-refractivity contribution < 1.29 is 17.6 Å². The number of aryl methyl sites for hydroxylation is 1. The number of aromatic nitrogens is 2. The Kier molecular flexibility index (Phi) is 6.40. The molecule has 31 heavy (non-hydrogen) atoms. The minimum atomic E-state index is -3.74. The van der Waals surface area contributed by atoms with Crippen LogP contribution in [0.1, 0.15) is 18.4 Å². The van der Waals surface area contributed by atoms with Crippen molar-refractivity contribution in [1.29, 1.82) is 0 Å². The van der Waals surface area contributed by atoms with Crippen LogP contribution >= 0.6 is 0 Å². The van der Waals surface area contributed by atoms with Crippen molar-refractivity contribution in [3.05, 3.63) is 48.0 Å². The van der Waals surface area contributed by atoms with E-state index < -0.39 is 15.8 Å². The normalized spacial score (nSPS) is 21.4. The lowest BCUT2D eigenvalue weighted by atomic mass is 9.97. The fourth-order valence-electron chi connectivity index (χ4n) is 4.31. The van der Waals surface area contributed by atoms with E-state index in [1.807, 2.05) is 24.3 Å². The molecule has 2 fully saturated rings. The van der Waals surface area contributed by atoms with Gasteiger partial charge in [0.25, 0.3) is 0 Å². The van der Waals surface area contributed by atoms with Gasteiger partial charge in [-0.1, -0.05) is 0 Å². The molecule has 2 saturated heterocycles. The van der Waals surface area contributed by atoms with E-state index in [-0.39, 0.29) is 23.3 Å². The summed E-state index contributed by atoms with van der Waals surface area (Å²) in [5.41, 5.74) is 1.15. The quantitative estimate of drug-likeness (QED) is 0.688. The minimum absolute atomic E-state index is 0.0278. The molecule has 2 aliphatic heterocycles. The van der Waals surface area contributed by atoms with Crippen molar-refractivity contribution in [3.63, 3.8) is 0 Å². The average molecular weight is 450 g/mol. The number of carbonyl (C=O) groups excluding carboxylic acids is 1. The van der Waals surface area contributed by atoms with Crippen molar-refractivity contribution in [2.45, 2.75) is 24.3 Å². The van der Waals surface area contributed by atoms with E-state index in [4.69, 9.17) is 0 Å². The van der Waals surface area contributed by atoms with E-state index >= 15 is 0 Å². The van der Waals surface area contributed by atoms with Crippen LogP contribution in [0.4, 0.5) is 4.39 Å². The highest BCUT2D eigenvalue weighted by Gasteiger charge is 2.35. The number of benzene rings is 1. The Balaban J connectivity index is 1.34. The van der Waals surface area contributed by atoms with Crippen molar-refractivity contribution in [1.82, 2.24) is 23.9 Å². The Morgan fingerprint density at radius 1 is 1.13 bits per heavy atom. The number of nitrogens with zero attached hydrogens (tertiary/aromatic N) is 5. The fourth-order valence-corrected chi connectivity index (χ4v) is 5.84. The number of amides is 1. The van der Waals surface area contributed by atoms with Crippen LogP contribution in [0.5, 0.6) is 0 Å². The molecular formula is C21H28FN5O3S. The van der Waals surface area contributed by atoms with Gasteiger partial charge in [0.2, 0.25) is 15.9 Å². The van der Waals surface area contributed by atoms with Crippen molar-refractivity contribution >= 4 is 15.9 Å². The summed E-state index contributed by atoms with van der Waals surface area (Å²) in [4.78, 5) is 17.3. The van der Waals surface area contributed by atoms with Crippen LogP contribution in [0.2, 0.25) is 0 Å². The summed E-state index contributed by atoms with van der Waals surface area (Å²) in [5, 5.41) is 4.19. The molecule has 1 atom stereocenters. The number of piperidine rings is 1. The van der Waals surface area contributed by atoms with E-state index in [2.05, 4.69) is 10.00 Å². The van der Waals surface area contributed by atoms with E-state index in [0.29, 0.717) is 32.5 Å². The van der Waals surface area contributed by atoms with Crippen LogP contribution in [0, 0.1) is 11.7 Å². The number of hydrogen-bond acceptors (Lipinski definition) is 5. The lowest BCUT2D eigenvalue weighted by Crippen LogP contribution is -2.52. The van der Waals surface area contributed by atoms with Crippen LogP contribution in [-0.2, 0) is 28.4 Å². The number of carbonyl (C=O) groups is 1. The van der Waals surface area contributed by atoms with Crippen molar-refractivity contribution in [3.8, 4) is 0 Å². The third-order valence-corrected chi connectivity index (χ3v) is 7.91. The van der Waals surface area contributed by atoms with Crippen LogP contribution in [0.3, 0.4) is 0 Å². The lowest BCUT2D eigenvalue weighted by molar-refractivity contribution is -0.138. The summed E-state index contributed by atoms with van der Waals surface area (Å²) >= 11 is 0. The summed E-state index contributed by atoms with van der Waals surface area (Å²) in [7, 11) is -1.84. The van der Waals surface area contributed by atoms with Gasteiger partial charge in [-0.15, -0.1) is 0 Å². The maximum Gasteiger partial charge on any atom is 0.243 e. The molecule has 2 aromatic rings. The summed E-state index contributed by atoms with van der Waals surface area (Å²) in [6.07, 6.45) is 5.17. The van der Waals surface area contributed by atoms with Crippen molar-refractivity contribution in [2.24, 2.45) is 13.0 Å². The largest absolute Gasteiger partial charge is 0.340 e. The second kappa shape index (κ2) is 9.05. The fraction of sp³-hybridized carbons (Fsp3) is 0.524. The van der Waals surface area contributed by atoms with E-state index in [1.54, 1.807) is 4.68 Å². The molecule has 0 bridgehead atoms. The molecule has 0 spiro atoms. The van der Waals surface area contributed by atoms with E-state index in [1.165, 1.54) is 16.4 Å². The number of hydrogen-bond donors (Lipinski definition) is 0. The number of piperazine rings is 1. The predicted octanol–water partition coefficient (Wildman–Crippen LogP) is 1.30. The molecule has 2 aliphatic rings. The number of halogens is 1. The maximum atomic E-state index is 13.2. The molecular weight excluding hydrogens is 421 g/mol. The summed E-state index contributed by atoms with van der Waals surface area (Å²) in [6.45, 7) is 4.20. The molecule has 0 aliphatic carbocycles. The van der Waals surface area contributed by atoms with E-state index in [0.717, 1.165) is 37.3 Å². The van der Waals surface area contributed by atoms with E-state index in [9.17, 15) is 17.6 Å². The summed E-state index contributed by atoms with van der Waals surface area (Å²) in [6, 6.07) is 4.84. The van der Waals surface area contributed by atoms with Crippen LogP contribution in [-0.4, -0.2) is 77.5 Å². The first-order valence-electron chi connectivity index (χ1n) is 10.6. The third kappa shape index (κ3) is 4.97. The molecule has 8 nitrogen and oxygen atoms in total. The Morgan fingerprint density at radius 2 is 1.84 bits per heavy atom. The minimum Gasteiger partial charge on any atom is -0.340 e. The summed E-state index contributed by atoms with van der Waals surface area (Å²) < 4.78 is 42.2. The predicted molar refractivity (Wildman–Crippen MR) is 113 cm³/mol. The second-order valence-electron chi connectivity index (χ2n) is 8.28. The zero-order chi connectivity index (χ0) is 22.0. The topological polar surface area (TPSA) is 78.8 Å². The van der Waals surface area contributed by atoms with Crippen molar-refractivity contribution in [2.75, 3.05) is 39.3 Å². The zero-order valence-corrected chi connectivity index (χ0v) is 18.5. The lowest BCUT2D eigenvalue weighted by Gasteiger charge is -2.38. The Morgan fingerprint density at radius 3 is 2.48 bits per heavy atom. The van der Waals surface area contributed by atoms with Gasteiger partial charge in [-0.2, -0.15) is 9.40 Å². The third-order valence-electron chi connectivity index (χ3n) is 6.03. The van der Waals surface area contributed by atoms with Gasteiger partial charge in [-0.25, -0.2) is 12.8 Å². The SMILES string of the molecule is Cn1cc(CN2CCN(C(=O)C3CCCN(S(=O)(=O)c4ccc(F)cc4)C3)CC2)cn1. The standard InChI is InChI=1S/C21H28FN5O3S/c1-24-14-17(13-23-24)15-25-9-11-26(12-10-25)21(28)18-3-2-8-27(16-18)31(29,30)20-6-4-19(22)5-7-20/h4-7,13-14,18H,2-3,8-12,15-16H2,1H3. The monoisotopic (exact) mass is 449 g/mol. The first-order valence-corrected chi connectivity index (χ1v) is 12.0. The molecule has 168 valence electrons. The highest BCUT2D eigenvalue weighted by Crippen LogP contribution is 2.25. The second-order valence-corrected chi connectivity index (χ2v) is 10.2. The number of sulfonamides is 1.